The van der Waals surface area contributed by atoms with Crippen LogP contribution < -0.4 is 4.90 Å². The first-order valence-corrected chi connectivity index (χ1v) is 10.6. The Morgan fingerprint density at radius 1 is 0.719 bits per heavy atom. The van der Waals surface area contributed by atoms with Gasteiger partial charge in [0, 0.05) is 11.8 Å². The molecule has 2 bridgehead atoms. The molecule has 3 aliphatic carbocycles. The number of hydrogen-bond acceptors (Lipinski definition) is 2. The van der Waals surface area contributed by atoms with Crippen molar-refractivity contribution in [2.24, 2.45) is 11.8 Å². The molecule has 160 valence electrons. The van der Waals surface area contributed by atoms with E-state index >= 15 is 0 Å². The van der Waals surface area contributed by atoms with Crippen molar-refractivity contribution in [1.29, 1.82) is 0 Å². The number of hydrogen-bond donors (Lipinski definition) is 0. The summed E-state index contributed by atoms with van der Waals surface area (Å²) in [5.74, 6) is -3.02. The molecule has 0 aromatic heterocycles. The molecule has 1 saturated heterocycles. The van der Waals surface area contributed by atoms with E-state index in [9.17, 15) is 22.8 Å². The van der Waals surface area contributed by atoms with Crippen LogP contribution >= 0.6 is 11.6 Å². The molecule has 3 aromatic rings. The molecule has 2 unspecified atom stereocenters. The van der Waals surface area contributed by atoms with Crippen molar-refractivity contribution < 1.29 is 22.8 Å². The van der Waals surface area contributed by atoms with Gasteiger partial charge in [-0.05, 0) is 40.5 Å². The maximum absolute atomic E-state index is 13.6. The maximum atomic E-state index is 13.6. The van der Waals surface area contributed by atoms with Gasteiger partial charge in [0.2, 0.25) is 11.8 Å². The van der Waals surface area contributed by atoms with Gasteiger partial charge in [-0.3, -0.25) is 9.59 Å². The van der Waals surface area contributed by atoms with E-state index in [1.165, 1.54) is 0 Å². The minimum absolute atomic E-state index is 0.0688. The number of imide groups is 1. The molecule has 1 fully saturated rings. The van der Waals surface area contributed by atoms with Gasteiger partial charge in [-0.1, -0.05) is 60.1 Å². The lowest BCUT2D eigenvalue weighted by Gasteiger charge is -2.45. The number of nitrogens with zero attached hydrogens (tertiary/aromatic N) is 1. The van der Waals surface area contributed by atoms with Crippen LogP contribution in [0.4, 0.5) is 18.9 Å². The molecule has 3 aromatic carbocycles. The zero-order valence-electron chi connectivity index (χ0n) is 16.4. The fourth-order valence-electron chi connectivity index (χ4n) is 5.78. The van der Waals surface area contributed by atoms with Crippen molar-refractivity contribution in [3.63, 3.8) is 0 Å². The van der Waals surface area contributed by atoms with Crippen molar-refractivity contribution >= 4 is 29.1 Å². The highest BCUT2D eigenvalue weighted by molar-refractivity contribution is 6.36. The highest BCUT2D eigenvalue weighted by Gasteiger charge is 2.62. The summed E-state index contributed by atoms with van der Waals surface area (Å²) in [6, 6.07) is 18.2. The molecule has 0 saturated carbocycles. The molecule has 7 rings (SSSR count). The fourth-order valence-corrected chi connectivity index (χ4v) is 5.98. The molecule has 1 heterocycles. The first kappa shape index (κ1) is 19.6. The topological polar surface area (TPSA) is 37.4 Å². The number of alkyl halides is 3. The number of rotatable bonds is 1. The summed E-state index contributed by atoms with van der Waals surface area (Å²) in [5.41, 5.74) is 2.82. The molecule has 1 aliphatic heterocycles. The number of carbonyl (C=O) groups excluding carboxylic acids is 2. The van der Waals surface area contributed by atoms with Crippen LogP contribution in [0.1, 0.15) is 39.7 Å². The van der Waals surface area contributed by atoms with Crippen LogP contribution in [0.5, 0.6) is 0 Å². The van der Waals surface area contributed by atoms with E-state index < -0.39 is 35.4 Å². The van der Waals surface area contributed by atoms with Crippen LogP contribution in [0.3, 0.4) is 0 Å². The summed E-state index contributed by atoms with van der Waals surface area (Å²) in [7, 11) is 0. The van der Waals surface area contributed by atoms with E-state index in [0.29, 0.717) is 0 Å². The summed E-state index contributed by atoms with van der Waals surface area (Å²) in [6.45, 7) is 0. The number of carbonyl (C=O) groups is 2. The molecule has 0 spiro atoms. The fraction of sp³-hybridized carbons (Fsp3) is 0.200. The molecule has 32 heavy (non-hydrogen) atoms. The third kappa shape index (κ3) is 2.44. The lowest BCUT2D eigenvalue weighted by Crippen LogP contribution is -2.41. The quantitative estimate of drug-likeness (QED) is 0.440. The van der Waals surface area contributed by atoms with Crippen molar-refractivity contribution in [3.8, 4) is 0 Å². The lowest BCUT2D eigenvalue weighted by atomic mass is 9.55. The molecule has 4 aliphatic rings. The first-order chi connectivity index (χ1) is 15.3. The van der Waals surface area contributed by atoms with Crippen LogP contribution in [-0.4, -0.2) is 11.8 Å². The second-order valence-corrected chi connectivity index (χ2v) is 8.85. The minimum atomic E-state index is -4.62. The lowest BCUT2D eigenvalue weighted by molar-refractivity contribution is -0.137. The zero-order chi connectivity index (χ0) is 22.4. The maximum Gasteiger partial charge on any atom is 0.416 e. The van der Waals surface area contributed by atoms with Gasteiger partial charge in [0.25, 0.3) is 0 Å². The van der Waals surface area contributed by atoms with Gasteiger partial charge in [-0.25, -0.2) is 4.90 Å². The predicted octanol–water partition coefficient (Wildman–Crippen LogP) is 5.76. The van der Waals surface area contributed by atoms with Crippen LogP contribution in [0.2, 0.25) is 5.02 Å². The Hall–Kier alpha value is -3.12. The first-order valence-electron chi connectivity index (χ1n) is 10.2. The van der Waals surface area contributed by atoms with Crippen LogP contribution in [-0.2, 0) is 15.8 Å². The van der Waals surface area contributed by atoms with Crippen LogP contribution in [0.15, 0.2) is 66.7 Å². The van der Waals surface area contributed by atoms with E-state index in [1.54, 1.807) is 0 Å². The predicted molar refractivity (Wildman–Crippen MR) is 112 cm³/mol. The van der Waals surface area contributed by atoms with Crippen LogP contribution in [0, 0.1) is 11.8 Å². The average Bonchev–Trinajstić information content (AvgIpc) is 3.04. The summed E-state index contributed by atoms with van der Waals surface area (Å²) >= 11 is 6.21. The van der Waals surface area contributed by atoms with Gasteiger partial charge in [-0.15, -0.1) is 0 Å². The molecule has 2 amide bonds. The van der Waals surface area contributed by atoms with Gasteiger partial charge in [-0.2, -0.15) is 13.2 Å². The normalized spacial score (nSPS) is 25.6. The third-order valence-corrected chi connectivity index (χ3v) is 7.28. The third-order valence-electron chi connectivity index (χ3n) is 6.96. The Kier molecular flexibility index (Phi) is 3.94. The summed E-state index contributed by atoms with van der Waals surface area (Å²) in [5, 5.41) is -0.0688. The minimum Gasteiger partial charge on any atom is -0.274 e. The van der Waals surface area contributed by atoms with E-state index in [4.69, 9.17) is 11.6 Å². The zero-order valence-corrected chi connectivity index (χ0v) is 17.2. The van der Waals surface area contributed by atoms with E-state index in [-0.39, 0.29) is 22.5 Å². The number of amides is 2. The standard InChI is InChI=1S/C25H15ClF3NO2/c26-17-10-9-12(25(27,28)29)11-18(17)30-23(31)21-19-13-5-1-2-6-14(13)20(22(21)24(30)32)16-8-4-3-7-15(16)19/h1-11,19-22H. The number of halogens is 4. The van der Waals surface area contributed by atoms with E-state index in [1.807, 2.05) is 48.5 Å². The Bertz CT molecular complexity index is 1200. The Labute approximate surface area is 186 Å². The van der Waals surface area contributed by atoms with E-state index in [0.717, 1.165) is 45.4 Å². The van der Waals surface area contributed by atoms with Crippen molar-refractivity contribution in [2.45, 2.75) is 18.0 Å². The van der Waals surface area contributed by atoms with Crippen molar-refractivity contribution in [3.05, 3.63) is 99.6 Å². The van der Waals surface area contributed by atoms with Crippen LogP contribution in [0.25, 0.3) is 0 Å². The van der Waals surface area contributed by atoms with Crippen molar-refractivity contribution in [2.75, 3.05) is 4.90 Å². The van der Waals surface area contributed by atoms with Gasteiger partial charge in [0.15, 0.2) is 0 Å². The number of benzene rings is 3. The summed E-state index contributed by atoms with van der Waals surface area (Å²) in [6.07, 6.45) is -4.62. The van der Waals surface area contributed by atoms with Gasteiger partial charge in [0.05, 0.1) is 28.1 Å². The van der Waals surface area contributed by atoms with Gasteiger partial charge >= 0.3 is 6.18 Å². The van der Waals surface area contributed by atoms with E-state index in [2.05, 4.69) is 0 Å². The molecular weight excluding hydrogens is 439 g/mol. The molecular formula is C25H15ClF3NO2. The SMILES string of the molecule is O=C1C2C3c4ccccc4C(c4ccccc43)C2C(=O)N1c1cc(C(F)(F)F)ccc1Cl. The Morgan fingerprint density at radius 3 is 1.56 bits per heavy atom. The Morgan fingerprint density at radius 2 is 1.16 bits per heavy atom. The summed E-state index contributed by atoms with van der Waals surface area (Å²) < 4.78 is 40.0. The largest absolute Gasteiger partial charge is 0.416 e. The molecule has 0 N–H and O–H groups in total. The van der Waals surface area contributed by atoms with Gasteiger partial charge < -0.3 is 0 Å². The monoisotopic (exact) mass is 453 g/mol. The summed E-state index contributed by atoms with van der Waals surface area (Å²) in [4.78, 5) is 28.2. The Balaban J connectivity index is 1.54. The smallest absolute Gasteiger partial charge is 0.274 e. The molecule has 2 atom stereocenters. The molecule has 7 heteroatoms. The molecule has 3 nitrogen and oxygen atoms in total. The second kappa shape index (κ2) is 6.45. The number of anilines is 1. The molecule has 0 radical (unpaired) electrons. The average molecular weight is 454 g/mol. The highest BCUT2D eigenvalue weighted by Crippen LogP contribution is 2.61. The van der Waals surface area contributed by atoms with Gasteiger partial charge in [0.1, 0.15) is 0 Å². The van der Waals surface area contributed by atoms with Crippen molar-refractivity contribution in [1.82, 2.24) is 0 Å². The highest BCUT2D eigenvalue weighted by atomic mass is 35.5. The second-order valence-electron chi connectivity index (χ2n) is 8.44.